The van der Waals surface area contributed by atoms with Gasteiger partial charge in [0, 0.05) is 37.9 Å². The van der Waals surface area contributed by atoms with Gasteiger partial charge in [0.15, 0.2) is 0 Å². The maximum absolute atomic E-state index is 11.5. The highest BCUT2D eigenvalue weighted by molar-refractivity contribution is 4.93. The smallest absolute Gasteiger partial charge is 0.250 e. The summed E-state index contributed by atoms with van der Waals surface area (Å²) in [6.07, 6.45) is 3.03. The van der Waals surface area contributed by atoms with Gasteiger partial charge < -0.3 is 15.2 Å². The van der Waals surface area contributed by atoms with Gasteiger partial charge in [-0.25, -0.2) is 0 Å². The Hall–Kier alpha value is -1.13. The molecule has 0 aliphatic carbocycles. The largest absolute Gasteiger partial charge is 0.328 e. The van der Waals surface area contributed by atoms with Gasteiger partial charge >= 0.3 is 0 Å². The third-order valence-electron chi connectivity index (χ3n) is 3.61. The minimum atomic E-state index is 0.0791. The zero-order chi connectivity index (χ0) is 12.3. The van der Waals surface area contributed by atoms with Crippen LogP contribution < -0.4 is 11.3 Å². The standard InChI is InChI=1S/C13H21N3O/c1-11(14)12-5-7-15(10-12)8-9-16-6-3-2-4-13(16)17/h2-4,6,11-12H,5,7-10,14H2,1H3. The predicted octanol–water partition coefficient (Wildman–Crippen LogP) is 0.517. The molecule has 0 saturated carbocycles. The van der Waals surface area contributed by atoms with Crippen molar-refractivity contribution in [3.8, 4) is 0 Å². The molecule has 17 heavy (non-hydrogen) atoms. The third kappa shape index (κ3) is 3.17. The summed E-state index contributed by atoms with van der Waals surface area (Å²) in [6.45, 7) is 5.96. The number of rotatable bonds is 4. The highest BCUT2D eigenvalue weighted by Gasteiger charge is 2.24. The molecule has 94 valence electrons. The van der Waals surface area contributed by atoms with Crippen molar-refractivity contribution in [3.05, 3.63) is 34.7 Å². The Labute approximate surface area is 102 Å². The quantitative estimate of drug-likeness (QED) is 0.827. The number of hydrogen-bond donors (Lipinski definition) is 1. The van der Waals surface area contributed by atoms with Gasteiger partial charge in [-0.2, -0.15) is 0 Å². The first-order valence-corrected chi connectivity index (χ1v) is 6.30. The Morgan fingerprint density at radius 2 is 2.29 bits per heavy atom. The monoisotopic (exact) mass is 235 g/mol. The molecule has 0 amide bonds. The Morgan fingerprint density at radius 3 is 2.94 bits per heavy atom. The van der Waals surface area contributed by atoms with E-state index in [9.17, 15) is 4.79 Å². The molecule has 0 radical (unpaired) electrons. The van der Waals surface area contributed by atoms with Gasteiger partial charge in [0.25, 0.3) is 5.56 Å². The van der Waals surface area contributed by atoms with Crippen LogP contribution in [0.3, 0.4) is 0 Å². The van der Waals surface area contributed by atoms with Crippen LogP contribution >= 0.6 is 0 Å². The van der Waals surface area contributed by atoms with Gasteiger partial charge in [-0.1, -0.05) is 6.07 Å². The number of hydrogen-bond acceptors (Lipinski definition) is 3. The molecule has 4 nitrogen and oxygen atoms in total. The first kappa shape index (κ1) is 12.3. The highest BCUT2D eigenvalue weighted by atomic mass is 16.1. The van der Waals surface area contributed by atoms with E-state index in [0.717, 1.165) is 26.2 Å². The van der Waals surface area contributed by atoms with Crippen LogP contribution in [0.15, 0.2) is 29.2 Å². The molecular formula is C13H21N3O. The van der Waals surface area contributed by atoms with E-state index in [4.69, 9.17) is 5.73 Å². The van der Waals surface area contributed by atoms with Crippen LogP contribution in [0.5, 0.6) is 0 Å². The van der Waals surface area contributed by atoms with Gasteiger partial charge in [0.1, 0.15) is 0 Å². The summed E-state index contributed by atoms with van der Waals surface area (Å²) < 4.78 is 1.76. The van der Waals surface area contributed by atoms with Gasteiger partial charge in [-0.05, 0) is 31.9 Å². The van der Waals surface area contributed by atoms with Crippen LogP contribution in [0.25, 0.3) is 0 Å². The zero-order valence-electron chi connectivity index (χ0n) is 10.4. The molecule has 2 N–H and O–H groups in total. The van der Waals surface area contributed by atoms with E-state index in [1.165, 1.54) is 6.42 Å². The minimum Gasteiger partial charge on any atom is -0.328 e. The van der Waals surface area contributed by atoms with Crippen molar-refractivity contribution < 1.29 is 0 Å². The second-order valence-corrected chi connectivity index (χ2v) is 4.94. The lowest BCUT2D eigenvalue weighted by molar-refractivity contribution is 0.301. The Bertz CT molecular complexity index is 413. The lowest BCUT2D eigenvalue weighted by atomic mass is 10.0. The van der Waals surface area contributed by atoms with Crippen LogP contribution in [0.4, 0.5) is 0 Å². The summed E-state index contributed by atoms with van der Waals surface area (Å²) in [6, 6.07) is 5.56. The SMILES string of the molecule is CC(N)C1CCN(CCn2ccccc2=O)C1. The minimum absolute atomic E-state index is 0.0791. The molecule has 2 atom stereocenters. The molecule has 1 saturated heterocycles. The summed E-state index contributed by atoms with van der Waals surface area (Å²) in [7, 11) is 0. The molecule has 1 aromatic heterocycles. The van der Waals surface area contributed by atoms with Gasteiger partial charge in [0.05, 0.1) is 0 Å². The Balaban J connectivity index is 1.84. The molecular weight excluding hydrogens is 214 g/mol. The Kier molecular flexibility index (Phi) is 3.97. The van der Waals surface area contributed by atoms with Crippen LogP contribution in [0.2, 0.25) is 0 Å². The van der Waals surface area contributed by atoms with Crippen LogP contribution in [0, 0.1) is 5.92 Å². The molecule has 1 fully saturated rings. The lowest BCUT2D eigenvalue weighted by Gasteiger charge is -2.18. The first-order valence-electron chi connectivity index (χ1n) is 6.30. The fourth-order valence-electron chi connectivity index (χ4n) is 2.39. The van der Waals surface area contributed by atoms with E-state index in [0.29, 0.717) is 5.92 Å². The summed E-state index contributed by atoms with van der Waals surface area (Å²) >= 11 is 0. The normalized spacial score (nSPS) is 22.8. The number of likely N-dealkylation sites (tertiary alicyclic amines) is 1. The average molecular weight is 235 g/mol. The first-order chi connectivity index (χ1) is 8.16. The fourth-order valence-corrected chi connectivity index (χ4v) is 2.39. The summed E-state index contributed by atoms with van der Waals surface area (Å²) in [5.41, 5.74) is 5.99. The summed E-state index contributed by atoms with van der Waals surface area (Å²) in [5.74, 6) is 0.613. The van der Waals surface area contributed by atoms with Crippen LogP contribution in [0.1, 0.15) is 13.3 Å². The average Bonchev–Trinajstić information content (AvgIpc) is 2.77. The lowest BCUT2D eigenvalue weighted by Crippen LogP contribution is -2.32. The van der Waals surface area contributed by atoms with E-state index in [2.05, 4.69) is 11.8 Å². The molecule has 1 aromatic rings. The summed E-state index contributed by atoms with van der Waals surface area (Å²) in [5, 5.41) is 0. The number of pyridine rings is 1. The van der Waals surface area contributed by atoms with E-state index in [1.807, 2.05) is 12.3 Å². The zero-order valence-corrected chi connectivity index (χ0v) is 10.4. The highest BCUT2D eigenvalue weighted by Crippen LogP contribution is 2.17. The van der Waals surface area contributed by atoms with Crippen LogP contribution in [-0.4, -0.2) is 35.1 Å². The van der Waals surface area contributed by atoms with Crippen molar-refractivity contribution in [2.24, 2.45) is 11.7 Å². The molecule has 1 aliphatic rings. The van der Waals surface area contributed by atoms with Crippen molar-refractivity contribution in [2.75, 3.05) is 19.6 Å². The Morgan fingerprint density at radius 1 is 1.47 bits per heavy atom. The topological polar surface area (TPSA) is 51.3 Å². The molecule has 0 bridgehead atoms. The molecule has 1 aliphatic heterocycles. The van der Waals surface area contributed by atoms with E-state index >= 15 is 0 Å². The van der Waals surface area contributed by atoms with Crippen molar-refractivity contribution in [1.29, 1.82) is 0 Å². The number of aromatic nitrogens is 1. The van der Waals surface area contributed by atoms with Crippen molar-refractivity contribution in [2.45, 2.75) is 25.9 Å². The molecule has 2 rings (SSSR count). The van der Waals surface area contributed by atoms with Crippen LogP contribution in [-0.2, 0) is 6.54 Å². The molecule has 0 aromatic carbocycles. The van der Waals surface area contributed by atoms with Gasteiger partial charge in [-0.3, -0.25) is 4.79 Å². The van der Waals surface area contributed by atoms with Gasteiger partial charge in [-0.15, -0.1) is 0 Å². The molecule has 2 unspecified atom stereocenters. The number of nitrogens with two attached hydrogens (primary N) is 1. The maximum atomic E-state index is 11.5. The van der Waals surface area contributed by atoms with Gasteiger partial charge in [0.2, 0.25) is 0 Å². The van der Waals surface area contributed by atoms with Crippen molar-refractivity contribution in [3.63, 3.8) is 0 Å². The fraction of sp³-hybridized carbons (Fsp3) is 0.615. The van der Waals surface area contributed by atoms with Crippen molar-refractivity contribution in [1.82, 2.24) is 9.47 Å². The number of nitrogens with zero attached hydrogens (tertiary/aromatic N) is 2. The summed E-state index contributed by atoms with van der Waals surface area (Å²) in [4.78, 5) is 13.9. The predicted molar refractivity (Wildman–Crippen MR) is 68.9 cm³/mol. The van der Waals surface area contributed by atoms with E-state index in [-0.39, 0.29) is 11.6 Å². The van der Waals surface area contributed by atoms with Crippen molar-refractivity contribution >= 4 is 0 Å². The maximum Gasteiger partial charge on any atom is 0.250 e. The molecule has 2 heterocycles. The van der Waals surface area contributed by atoms with E-state index in [1.54, 1.807) is 16.7 Å². The molecule has 4 heteroatoms. The second-order valence-electron chi connectivity index (χ2n) is 4.94. The molecule has 0 spiro atoms. The second kappa shape index (κ2) is 5.47. The van der Waals surface area contributed by atoms with E-state index < -0.39 is 0 Å². The third-order valence-corrected chi connectivity index (χ3v) is 3.61.